The molecule has 4 heterocycles. The summed E-state index contributed by atoms with van der Waals surface area (Å²) < 4.78 is 11.5. The van der Waals surface area contributed by atoms with Gasteiger partial charge in [0, 0.05) is 47.1 Å². The van der Waals surface area contributed by atoms with E-state index >= 15 is 0 Å². The number of hydrogen-bond donors (Lipinski definition) is 1. The zero-order valence-electron chi connectivity index (χ0n) is 19.4. The number of amides is 1. The molecule has 0 spiro atoms. The normalized spacial score (nSPS) is 15.6. The zero-order valence-corrected chi connectivity index (χ0v) is 20.2. The molecule has 2 aliphatic heterocycles. The van der Waals surface area contributed by atoms with E-state index in [1.165, 1.54) is 0 Å². The summed E-state index contributed by atoms with van der Waals surface area (Å²) in [7, 11) is 1.76. The quantitative estimate of drug-likeness (QED) is 0.411. The molecule has 0 radical (unpaired) electrons. The summed E-state index contributed by atoms with van der Waals surface area (Å²) in [5, 5.41) is 1.16. The van der Waals surface area contributed by atoms with E-state index in [9.17, 15) is 4.79 Å². The molecule has 1 atom stereocenters. The van der Waals surface area contributed by atoms with Crippen LogP contribution in [0.5, 0.6) is 5.75 Å². The number of carbonyl (C=O) groups is 1. The number of fused-ring (bicyclic) bond motifs is 4. The minimum absolute atomic E-state index is 0.201. The fourth-order valence-corrected chi connectivity index (χ4v) is 4.90. The van der Waals surface area contributed by atoms with E-state index in [0.29, 0.717) is 41.7 Å². The Morgan fingerprint density at radius 2 is 1.97 bits per heavy atom. The highest BCUT2D eigenvalue weighted by Crippen LogP contribution is 2.38. The van der Waals surface area contributed by atoms with Gasteiger partial charge in [-0.1, -0.05) is 29.5 Å². The molecular weight excluding hydrogens is 476 g/mol. The molecule has 2 aromatic heterocycles. The number of ether oxygens (including phenoxy) is 2. The van der Waals surface area contributed by atoms with E-state index in [1.807, 2.05) is 30.3 Å². The van der Waals surface area contributed by atoms with Crippen LogP contribution in [0.4, 0.5) is 5.82 Å². The lowest BCUT2D eigenvalue weighted by atomic mass is 10.0. The number of likely N-dealkylation sites (N-methyl/N-ethyl adjacent to an activating group) is 1. The highest BCUT2D eigenvalue weighted by molar-refractivity contribution is 6.34. The number of pyridine rings is 2. The van der Waals surface area contributed by atoms with Crippen LogP contribution in [0.25, 0.3) is 10.9 Å². The van der Waals surface area contributed by atoms with Gasteiger partial charge in [-0.05, 0) is 42.0 Å². The van der Waals surface area contributed by atoms with E-state index in [2.05, 4.69) is 21.8 Å². The highest BCUT2D eigenvalue weighted by atomic mass is 35.5. The molecule has 1 amide bonds. The number of nitrogens with zero attached hydrogens (tertiary/aromatic N) is 3. The van der Waals surface area contributed by atoms with Crippen LogP contribution in [0.1, 0.15) is 44.2 Å². The van der Waals surface area contributed by atoms with Gasteiger partial charge in [0.1, 0.15) is 18.2 Å². The molecule has 0 saturated heterocycles. The Kier molecular flexibility index (Phi) is 5.48. The van der Waals surface area contributed by atoms with Crippen LogP contribution in [0.2, 0.25) is 5.02 Å². The maximum atomic E-state index is 13.6. The highest BCUT2D eigenvalue weighted by Gasteiger charge is 2.32. The Hall–Kier alpha value is -4.12. The van der Waals surface area contributed by atoms with Crippen molar-refractivity contribution in [2.75, 3.05) is 19.4 Å². The lowest BCUT2D eigenvalue weighted by Crippen LogP contribution is -2.32. The van der Waals surface area contributed by atoms with Gasteiger partial charge in [0.25, 0.3) is 5.91 Å². The minimum Gasteiger partial charge on any atom is -0.491 e. The molecule has 8 heteroatoms. The first kappa shape index (κ1) is 22.4. The maximum Gasteiger partial charge on any atom is 0.255 e. The van der Waals surface area contributed by atoms with Crippen molar-refractivity contribution in [3.8, 4) is 17.6 Å². The Morgan fingerprint density at radius 1 is 1.14 bits per heavy atom. The fraction of sp³-hybridized carbons (Fsp3) is 0.179. The summed E-state index contributed by atoms with van der Waals surface area (Å²) in [6.07, 6.45) is 3.43. The smallest absolute Gasteiger partial charge is 0.255 e. The third-order valence-corrected chi connectivity index (χ3v) is 6.93. The average molecular weight is 497 g/mol. The number of rotatable bonds is 2. The minimum atomic E-state index is -0.252. The third-order valence-electron chi connectivity index (χ3n) is 6.62. The maximum absolute atomic E-state index is 13.6. The predicted octanol–water partition coefficient (Wildman–Crippen LogP) is 4.50. The number of nitrogens with two attached hydrogens (primary N) is 1. The summed E-state index contributed by atoms with van der Waals surface area (Å²) in [4.78, 5) is 23.8. The topological polar surface area (TPSA) is 90.6 Å². The first-order chi connectivity index (χ1) is 17.5. The summed E-state index contributed by atoms with van der Waals surface area (Å²) in [5.74, 6) is 7.19. The standard InChI is InChI=1S/C28H21ClN4O3/c1-33(25-15-36-26-9-16(6-7-18(25)26)4-5-17-3-2-8-31-12-17)28(34)20-10-19-21-13-35-14-22(21)27(30)32-24(19)11-23(20)29/h2-3,6-12,25H,13-15H2,1H3,(H2,30,32)/t25-/m1/s1. The Bertz CT molecular complexity index is 1590. The fourth-order valence-electron chi connectivity index (χ4n) is 4.66. The Morgan fingerprint density at radius 3 is 2.81 bits per heavy atom. The van der Waals surface area contributed by atoms with Crippen molar-refractivity contribution in [2.24, 2.45) is 0 Å². The monoisotopic (exact) mass is 496 g/mol. The van der Waals surface area contributed by atoms with Crippen LogP contribution < -0.4 is 10.5 Å². The summed E-state index contributed by atoms with van der Waals surface area (Å²) in [6, 6.07) is 12.8. The van der Waals surface area contributed by atoms with Crippen molar-refractivity contribution in [1.82, 2.24) is 14.9 Å². The van der Waals surface area contributed by atoms with Gasteiger partial charge < -0.3 is 20.1 Å². The first-order valence-corrected chi connectivity index (χ1v) is 11.8. The second kappa shape index (κ2) is 8.83. The molecule has 6 rings (SSSR count). The van der Waals surface area contributed by atoms with Crippen molar-refractivity contribution >= 4 is 34.2 Å². The van der Waals surface area contributed by atoms with Gasteiger partial charge in [-0.2, -0.15) is 0 Å². The average Bonchev–Trinajstić information content (AvgIpc) is 3.55. The van der Waals surface area contributed by atoms with E-state index in [4.69, 9.17) is 26.8 Å². The van der Waals surface area contributed by atoms with E-state index in [1.54, 1.807) is 36.5 Å². The van der Waals surface area contributed by atoms with Crippen molar-refractivity contribution in [3.05, 3.63) is 93.3 Å². The van der Waals surface area contributed by atoms with Crippen LogP contribution in [0.3, 0.4) is 0 Å². The van der Waals surface area contributed by atoms with Gasteiger partial charge >= 0.3 is 0 Å². The number of aromatic nitrogens is 2. The third kappa shape index (κ3) is 3.81. The molecule has 0 bridgehead atoms. The summed E-state index contributed by atoms with van der Waals surface area (Å²) in [5.41, 5.74) is 11.6. The SMILES string of the molecule is CN(C(=O)c1cc2c3c(c(N)nc2cc1Cl)COC3)[C@@H]1COc2cc(C#Cc3cccnc3)ccc21. The molecule has 0 fully saturated rings. The van der Waals surface area contributed by atoms with Gasteiger partial charge in [-0.25, -0.2) is 4.98 Å². The van der Waals surface area contributed by atoms with Gasteiger partial charge in [0.05, 0.1) is 35.4 Å². The number of hydrogen-bond acceptors (Lipinski definition) is 6. The molecule has 7 nitrogen and oxygen atoms in total. The van der Waals surface area contributed by atoms with Crippen LogP contribution in [0.15, 0.2) is 54.9 Å². The van der Waals surface area contributed by atoms with Crippen LogP contribution in [-0.2, 0) is 18.0 Å². The molecule has 4 aromatic rings. The van der Waals surface area contributed by atoms with Gasteiger partial charge in [-0.3, -0.25) is 9.78 Å². The molecule has 0 saturated carbocycles. The van der Waals surface area contributed by atoms with Gasteiger partial charge in [-0.15, -0.1) is 0 Å². The molecular formula is C28H21ClN4O3. The number of carbonyl (C=O) groups excluding carboxylic acids is 1. The Labute approximate surface area is 212 Å². The van der Waals surface area contributed by atoms with Crippen molar-refractivity contribution in [3.63, 3.8) is 0 Å². The van der Waals surface area contributed by atoms with Crippen LogP contribution >= 0.6 is 11.6 Å². The Balaban J connectivity index is 1.29. The van der Waals surface area contributed by atoms with Crippen molar-refractivity contribution in [1.29, 1.82) is 0 Å². The number of nitrogen functional groups attached to an aromatic ring is 1. The lowest BCUT2D eigenvalue weighted by Gasteiger charge is -2.24. The summed E-state index contributed by atoms with van der Waals surface area (Å²) >= 11 is 6.55. The number of halogens is 1. The van der Waals surface area contributed by atoms with Gasteiger partial charge in [0.2, 0.25) is 0 Å². The van der Waals surface area contributed by atoms with E-state index in [-0.39, 0.29) is 11.9 Å². The molecule has 178 valence electrons. The van der Waals surface area contributed by atoms with Gasteiger partial charge in [0.15, 0.2) is 0 Å². The molecule has 36 heavy (non-hydrogen) atoms. The molecule has 2 N–H and O–H groups in total. The lowest BCUT2D eigenvalue weighted by molar-refractivity contribution is 0.0709. The second-order valence-electron chi connectivity index (χ2n) is 8.78. The predicted molar refractivity (Wildman–Crippen MR) is 137 cm³/mol. The second-order valence-corrected chi connectivity index (χ2v) is 9.19. The molecule has 2 aromatic carbocycles. The van der Waals surface area contributed by atoms with Crippen LogP contribution in [-0.4, -0.2) is 34.4 Å². The van der Waals surface area contributed by atoms with E-state index in [0.717, 1.165) is 39.0 Å². The number of anilines is 1. The van der Waals surface area contributed by atoms with Crippen LogP contribution in [0, 0.1) is 11.8 Å². The molecule has 0 unspecified atom stereocenters. The molecule has 2 aliphatic rings. The first-order valence-electron chi connectivity index (χ1n) is 11.4. The summed E-state index contributed by atoms with van der Waals surface area (Å²) in [6.45, 7) is 1.20. The van der Waals surface area contributed by atoms with Crippen molar-refractivity contribution < 1.29 is 14.3 Å². The number of benzene rings is 2. The largest absolute Gasteiger partial charge is 0.491 e. The molecule has 0 aliphatic carbocycles. The zero-order chi connectivity index (χ0) is 24.8. The van der Waals surface area contributed by atoms with E-state index < -0.39 is 0 Å². The van der Waals surface area contributed by atoms with Crippen molar-refractivity contribution in [2.45, 2.75) is 19.3 Å².